The molecule has 0 bridgehead atoms. The number of anilines is 2. The summed E-state index contributed by atoms with van der Waals surface area (Å²) in [6, 6.07) is 18.2. The van der Waals surface area contributed by atoms with Crippen molar-refractivity contribution in [3.8, 4) is 6.07 Å². The number of Topliss-reactive ketones (excluding diaryl/α,β-unsaturated/α-hetero) is 1. The summed E-state index contributed by atoms with van der Waals surface area (Å²) in [6.07, 6.45) is 1.91. The Morgan fingerprint density at radius 1 is 1.16 bits per heavy atom. The van der Waals surface area contributed by atoms with Crippen molar-refractivity contribution < 1.29 is 9.59 Å². The van der Waals surface area contributed by atoms with Crippen molar-refractivity contribution in [2.75, 3.05) is 16.0 Å². The van der Waals surface area contributed by atoms with Gasteiger partial charge in [-0.15, -0.1) is 10.2 Å². The van der Waals surface area contributed by atoms with E-state index in [4.69, 9.17) is 5.73 Å². The van der Waals surface area contributed by atoms with Gasteiger partial charge >= 0.3 is 0 Å². The van der Waals surface area contributed by atoms with Gasteiger partial charge < -0.3 is 11.1 Å². The maximum Gasteiger partial charge on any atom is 0.234 e. The minimum atomic E-state index is -0.544. The number of aryl methyl sites for hydroxylation is 1. The zero-order valence-corrected chi connectivity index (χ0v) is 26.7. The number of nitrogens with zero attached hydrogens (tertiary/aromatic N) is 4. The maximum atomic E-state index is 13.8. The highest BCUT2D eigenvalue weighted by Gasteiger charge is 2.45. The van der Waals surface area contributed by atoms with E-state index in [0.29, 0.717) is 39.4 Å². The molecule has 0 saturated heterocycles. The molecule has 3 aromatic rings. The fourth-order valence-corrected chi connectivity index (χ4v) is 7.31. The number of amides is 1. The van der Waals surface area contributed by atoms with Crippen LogP contribution in [0.3, 0.4) is 0 Å². The number of thioether (sulfide) groups is 1. The van der Waals surface area contributed by atoms with Crippen molar-refractivity contribution in [3.63, 3.8) is 0 Å². The molecule has 1 aliphatic heterocycles. The van der Waals surface area contributed by atoms with Gasteiger partial charge in [0.2, 0.25) is 11.0 Å². The normalized spacial score (nSPS) is 18.1. The van der Waals surface area contributed by atoms with Crippen LogP contribution in [0.1, 0.15) is 76.0 Å². The van der Waals surface area contributed by atoms with Crippen molar-refractivity contribution in [1.29, 1.82) is 5.26 Å². The Morgan fingerprint density at radius 2 is 1.86 bits per heavy atom. The first-order chi connectivity index (χ1) is 20.5. The molecular weight excluding hydrogens is 577 g/mol. The van der Waals surface area contributed by atoms with Gasteiger partial charge in [-0.05, 0) is 53.0 Å². The number of nitriles is 1. The number of benzene rings is 2. The third kappa shape index (κ3) is 6.38. The summed E-state index contributed by atoms with van der Waals surface area (Å²) in [5.74, 6) is 0.0981. The van der Waals surface area contributed by atoms with Gasteiger partial charge in [-0.1, -0.05) is 94.1 Å². The SMILES string of the molecule is CCc1ccc(NC(=O)CSc2nnc(N3C(N)=C(C#N)C(c4ccc(C(C)C)cc4)C4=C3CC(C)(C)CC4=O)s2)cc1. The van der Waals surface area contributed by atoms with Crippen LogP contribution in [0.2, 0.25) is 0 Å². The van der Waals surface area contributed by atoms with Gasteiger partial charge in [-0.25, -0.2) is 0 Å². The number of carbonyl (C=O) groups excluding carboxylic acids is 2. The van der Waals surface area contributed by atoms with Gasteiger partial charge in [-0.3, -0.25) is 14.5 Å². The summed E-state index contributed by atoms with van der Waals surface area (Å²) in [5.41, 5.74) is 12.1. The first-order valence-electron chi connectivity index (χ1n) is 14.4. The molecule has 0 spiro atoms. The molecule has 0 saturated carbocycles. The number of nitrogens with one attached hydrogen (secondary N) is 1. The topological polar surface area (TPSA) is 125 Å². The molecule has 10 heteroatoms. The number of hydrogen-bond donors (Lipinski definition) is 2. The lowest BCUT2D eigenvalue weighted by Crippen LogP contribution is -2.42. The Labute approximate surface area is 261 Å². The number of carbonyl (C=O) groups is 2. The van der Waals surface area contributed by atoms with Crippen LogP contribution in [0, 0.1) is 16.7 Å². The third-order valence-corrected chi connectivity index (χ3v) is 9.92. The Bertz CT molecular complexity index is 1650. The molecule has 1 amide bonds. The van der Waals surface area contributed by atoms with E-state index >= 15 is 0 Å². The molecule has 222 valence electrons. The van der Waals surface area contributed by atoms with E-state index in [-0.39, 0.29) is 28.7 Å². The molecule has 0 fully saturated rings. The van der Waals surface area contributed by atoms with Gasteiger partial charge in [-0.2, -0.15) is 5.26 Å². The van der Waals surface area contributed by atoms with E-state index in [1.54, 1.807) is 4.90 Å². The Kier molecular flexibility index (Phi) is 8.76. The number of rotatable bonds is 8. The Balaban J connectivity index is 1.44. The fraction of sp³-hybridized carbons (Fsp3) is 0.364. The number of hydrogen-bond acceptors (Lipinski definition) is 9. The second-order valence-corrected chi connectivity index (χ2v) is 14.2. The van der Waals surface area contributed by atoms with Crippen LogP contribution in [0.25, 0.3) is 0 Å². The average molecular weight is 613 g/mol. The highest BCUT2D eigenvalue weighted by molar-refractivity contribution is 8.01. The molecule has 1 unspecified atom stereocenters. The highest BCUT2D eigenvalue weighted by Crippen LogP contribution is 2.50. The smallest absolute Gasteiger partial charge is 0.234 e. The van der Waals surface area contributed by atoms with Gasteiger partial charge in [0.05, 0.1) is 23.3 Å². The van der Waals surface area contributed by atoms with Crippen LogP contribution >= 0.6 is 23.1 Å². The Morgan fingerprint density at radius 3 is 2.49 bits per heavy atom. The van der Waals surface area contributed by atoms with Gasteiger partial charge in [0.15, 0.2) is 10.1 Å². The molecule has 0 radical (unpaired) electrons. The summed E-state index contributed by atoms with van der Waals surface area (Å²) in [5, 5.41) is 22.5. The van der Waals surface area contributed by atoms with Crippen LogP contribution in [0.4, 0.5) is 10.8 Å². The second-order valence-electron chi connectivity index (χ2n) is 12.0. The number of aromatic nitrogens is 2. The zero-order valence-electron chi connectivity index (χ0n) is 25.1. The molecule has 43 heavy (non-hydrogen) atoms. The zero-order chi connectivity index (χ0) is 30.9. The quantitative estimate of drug-likeness (QED) is 0.263. The number of ketones is 1. The molecular formula is C33H36N6O2S2. The first kappa shape index (κ1) is 30.5. The summed E-state index contributed by atoms with van der Waals surface area (Å²) in [6.45, 7) is 10.5. The highest BCUT2D eigenvalue weighted by atomic mass is 32.2. The molecule has 8 nitrogen and oxygen atoms in total. The minimum absolute atomic E-state index is 0.0113. The molecule has 2 heterocycles. The van der Waals surface area contributed by atoms with Crippen LogP contribution in [0.5, 0.6) is 0 Å². The van der Waals surface area contributed by atoms with Crippen LogP contribution in [-0.4, -0.2) is 27.6 Å². The molecule has 5 rings (SSSR count). The van der Waals surface area contributed by atoms with Crippen molar-refractivity contribution >= 4 is 45.6 Å². The van der Waals surface area contributed by atoms with Crippen LogP contribution in [0.15, 0.2) is 75.5 Å². The van der Waals surface area contributed by atoms with E-state index in [9.17, 15) is 14.9 Å². The number of allylic oxidation sites excluding steroid dienone is 3. The lowest BCUT2D eigenvalue weighted by atomic mass is 9.68. The Hall–Kier alpha value is -3.94. The fourth-order valence-electron chi connectivity index (χ4n) is 5.63. The summed E-state index contributed by atoms with van der Waals surface area (Å²) in [4.78, 5) is 28.1. The summed E-state index contributed by atoms with van der Waals surface area (Å²) < 4.78 is 0.590. The number of nitrogens with two attached hydrogens (primary N) is 1. The molecule has 1 aliphatic carbocycles. The average Bonchev–Trinajstić information content (AvgIpc) is 3.43. The van der Waals surface area contributed by atoms with Crippen LogP contribution < -0.4 is 16.0 Å². The first-order valence-corrected chi connectivity index (χ1v) is 16.2. The predicted octanol–water partition coefficient (Wildman–Crippen LogP) is 6.90. The van der Waals surface area contributed by atoms with Crippen LogP contribution in [-0.2, 0) is 16.0 Å². The van der Waals surface area contributed by atoms with E-state index in [1.807, 2.05) is 36.4 Å². The van der Waals surface area contributed by atoms with Crippen molar-refractivity contribution in [3.05, 3.63) is 87.9 Å². The van der Waals surface area contributed by atoms with E-state index in [2.05, 4.69) is 68.3 Å². The van der Waals surface area contributed by atoms with Crippen molar-refractivity contribution in [2.45, 2.75) is 70.1 Å². The van der Waals surface area contributed by atoms with E-state index in [1.165, 1.54) is 34.2 Å². The monoisotopic (exact) mass is 612 g/mol. The van der Waals surface area contributed by atoms with Crippen molar-refractivity contribution in [1.82, 2.24) is 10.2 Å². The summed E-state index contributed by atoms with van der Waals surface area (Å²) in [7, 11) is 0. The lowest BCUT2D eigenvalue weighted by Gasteiger charge is -2.42. The third-order valence-electron chi connectivity index (χ3n) is 7.88. The largest absolute Gasteiger partial charge is 0.384 e. The molecule has 2 aliphatic rings. The predicted molar refractivity (Wildman–Crippen MR) is 173 cm³/mol. The molecule has 1 aromatic heterocycles. The van der Waals surface area contributed by atoms with E-state index in [0.717, 1.165) is 23.4 Å². The minimum Gasteiger partial charge on any atom is -0.384 e. The van der Waals surface area contributed by atoms with Gasteiger partial charge in [0, 0.05) is 23.4 Å². The van der Waals surface area contributed by atoms with Crippen molar-refractivity contribution in [2.24, 2.45) is 11.1 Å². The van der Waals surface area contributed by atoms with E-state index < -0.39 is 5.92 Å². The standard InChI is InChI=1S/C33H36N6O2S2/c1-6-20-7-13-23(14-8-20)36-27(41)18-42-32-38-37-31(43-32)39-25-15-33(4,5)16-26(40)29(25)28(24(17-34)30(39)35)22-11-9-21(10-12-22)19(2)3/h7-14,19,28H,6,15-16,18,35H2,1-5H3,(H,36,41). The van der Waals surface area contributed by atoms with Gasteiger partial charge in [0.25, 0.3) is 0 Å². The molecule has 3 N–H and O–H groups in total. The molecule has 2 aromatic carbocycles. The second kappa shape index (κ2) is 12.3. The lowest BCUT2D eigenvalue weighted by molar-refractivity contribution is -0.118. The summed E-state index contributed by atoms with van der Waals surface area (Å²) >= 11 is 2.57. The maximum absolute atomic E-state index is 13.8. The van der Waals surface area contributed by atoms with Gasteiger partial charge in [0.1, 0.15) is 5.82 Å². The molecule has 1 atom stereocenters.